The summed E-state index contributed by atoms with van der Waals surface area (Å²) >= 11 is 0. The highest BCUT2D eigenvalue weighted by Gasteiger charge is 2.31. The van der Waals surface area contributed by atoms with Crippen LogP contribution in [0.25, 0.3) is 0 Å². The van der Waals surface area contributed by atoms with Crippen molar-refractivity contribution in [2.24, 2.45) is 0 Å². The zero-order chi connectivity index (χ0) is 12.5. The summed E-state index contributed by atoms with van der Waals surface area (Å²) in [6.07, 6.45) is 2.27. The highest BCUT2D eigenvalue weighted by Crippen LogP contribution is 2.30. The van der Waals surface area contributed by atoms with Crippen LogP contribution in [0.1, 0.15) is 25.3 Å². The van der Waals surface area contributed by atoms with Gasteiger partial charge in [-0.1, -0.05) is 25.1 Å². The third-order valence-corrected chi connectivity index (χ3v) is 4.46. The van der Waals surface area contributed by atoms with Gasteiger partial charge in [0.25, 0.3) is 10.1 Å². The molecule has 2 rings (SSSR count). The zero-order valence-electron chi connectivity index (χ0n) is 9.83. The number of para-hydroxylation sites is 1. The molecule has 0 spiro atoms. The number of anilines is 1. The fraction of sp³-hybridized carbons (Fsp3) is 0.500. The van der Waals surface area contributed by atoms with Crippen LogP contribution < -0.4 is 4.90 Å². The molecule has 0 aromatic heterocycles. The van der Waals surface area contributed by atoms with Crippen molar-refractivity contribution in [1.29, 1.82) is 0 Å². The lowest BCUT2D eigenvalue weighted by atomic mass is 10.0. The summed E-state index contributed by atoms with van der Waals surface area (Å²) in [5.41, 5.74) is 2.09. The minimum Gasteiger partial charge on any atom is -0.353 e. The molecule has 0 saturated heterocycles. The lowest BCUT2D eigenvalue weighted by Crippen LogP contribution is -2.43. The number of hydrogen-bond donors (Lipinski definition) is 1. The molecule has 0 amide bonds. The standard InChI is InChI=1S/C12H17NO3S/c1-2-12(17(14,15)16)13-9-5-7-10-6-3-4-8-11(10)13/h3-4,6,8,12H,2,5,7,9H2,1H3,(H,14,15,16). The van der Waals surface area contributed by atoms with E-state index in [1.54, 1.807) is 11.8 Å². The van der Waals surface area contributed by atoms with Crippen molar-refractivity contribution in [2.45, 2.75) is 31.6 Å². The Labute approximate surface area is 102 Å². The molecule has 1 aromatic carbocycles. The van der Waals surface area contributed by atoms with Crippen molar-refractivity contribution in [3.63, 3.8) is 0 Å². The van der Waals surface area contributed by atoms with E-state index in [4.69, 9.17) is 0 Å². The van der Waals surface area contributed by atoms with Gasteiger partial charge in [0.1, 0.15) is 0 Å². The molecule has 1 aliphatic rings. The summed E-state index contributed by atoms with van der Waals surface area (Å²) in [4.78, 5) is 1.80. The minimum atomic E-state index is -4.03. The first-order valence-electron chi connectivity index (χ1n) is 5.85. The molecule has 5 heteroatoms. The number of hydrogen-bond acceptors (Lipinski definition) is 3. The monoisotopic (exact) mass is 255 g/mol. The Morgan fingerprint density at radius 3 is 2.76 bits per heavy atom. The van der Waals surface area contributed by atoms with E-state index in [1.807, 2.05) is 24.3 Å². The summed E-state index contributed by atoms with van der Waals surface area (Å²) in [6, 6.07) is 7.78. The second kappa shape index (κ2) is 4.66. The van der Waals surface area contributed by atoms with E-state index in [0.29, 0.717) is 13.0 Å². The summed E-state index contributed by atoms with van der Waals surface area (Å²) in [6.45, 7) is 2.45. The van der Waals surface area contributed by atoms with Gasteiger partial charge in [-0.15, -0.1) is 0 Å². The maximum absolute atomic E-state index is 11.4. The number of fused-ring (bicyclic) bond motifs is 1. The van der Waals surface area contributed by atoms with E-state index in [1.165, 1.54) is 0 Å². The van der Waals surface area contributed by atoms with Crippen molar-refractivity contribution < 1.29 is 13.0 Å². The van der Waals surface area contributed by atoms with Crippen LogP contribution in [-0.2, 0) is 16.5 Å². The fourth-order valence-electron chi connectivity index (χ4n) is 2.45. The normalized spacial score (nSPS) is 17.6. The van der Waals surface area contributed by atoms with E-state index in [2.05, 4.69) is 0 Å². The van der Waals surface area contributed by atoms with E-state index >= 15 is 0 Å². The first kappa shape index (κ1) is 12.4. The van der Waals surface area contributed by atoms with Crippen molar-refractivity contribution in [2.75, 3.05) is 11.4 Å². The molecule has 0 bridgehead atoms. The smallest absolute Gasteiger partial charge is 0.286 e. The van der Waals surface area contributed by atoms with Crippen molar-refractivity contribution in [3.8, 4) is 0 Å². The third kappa shape index (κ3) is 2.45. The van der Waals surface area contributed by atoms with Gasteiger partial charge in [-0.25, -0.2) is 0 Å². The Bertz CT molecular complexity index is 498. The molecule has 94 valence electrons. The Morgan fingerprint density at radius 2 is 2.12 bits per heavy atom. The quantitative estimate of drug-likeness (QED) is 0.840. The van der Waals surface area contributed by atoms with Gasteiger partial charge in [-0.05, 0) is 30.9 Å². The van der Waals surface area contributed by atoms with Crippen LogP contribution in [0.3, 0.4) is 0 Å². The molecule has 1 unspecified atom stereocenters. The summed E-state index contributed by atoms with van der Waals surface area (Å²) in [7, 11) is -4.03. The lowest BCUT2D eigenvalue weighted by Gasteiger charge is -2.35. The maximum Gasteiger partial charge on any atom is 0.286 e. The Kier molecular flexibility index (Phi) is 3.40. The summed E-state index contributed by atoms with van der Waals surface area (Å²) in [5, 5.41) is -0.830. The highest BCUT2D eigenvalue weighted by atomic mass is 32.2. The van der Waals surface area contributed by atoms with Gasteiger partial charge in [0.2, 0.25) is 0 Å². The molecule has 1 heterocycles. The summed E-state index contributed by atoms with van der Waals surface area (Å²) < 4.78 is 32.1. The molecule has 17 heavy (non-hydrogen) atoms. The molecular weight excluding hydrogens is 238 g/mol. The van der Waals surface area contributed by atoms with Crippen LogP contribution in [0.4, 0.5) is 5.69 Å². The van der Waals surface area contributed by atoms with E-state index in [0.717, 1.165) is 24.1 Å². The molecule has 0 fully saturated rings. The fourth-order valence-corrected chi connectivity index (χ4v) is 3.42. The van der Waals surface area contributed by atoms with Crippen LogP contribution in [0.5, 0.6) is 0 Å². The number of aryl methyl sites for hydroxylation is 1. The minimum absolute atomic E-state index is 0.382. The topological polar surface area (TPSA) is 57.6 Å². The number of nitrogens with zero attached hydrogens (tertiary/aromatic N) is 1. The molecule has 1 aliphatic heterocycles. The first-order chi connectivity index (χ1) is 8.04. The molecule has 0 saturated carbocycles. The van der Waals surface area contributed by atoms with Gasteiger partial charge in [-0.3, -0.25) is 4.55 Å². The predicted molar refractivity (Wildman–Crippen MR) is 67.7 cm³/mol. The number of benzene rings is 1. The van der Waals surface area contributed by atoms with Gasteiger partial charge in [0, 0.05) is 12.2 Å². The van der Waals surface area contributed by atoms with Crippen LogP contribution in [0.15, 0.2) is 24.3 Å². The van der Waals surface area contributed by atoms with Gasteiger partial charge < -0.3 is 4.90 Å². The Balaban J connectivity index is 2.41. The summed E-state index contributed by atoms with van der Waals surface area (Å²) in [5.74, 6) is 0. The molecule has 1 N–H and O–H groups in total. The molecule has 0 aliphatic carbocycles. The second-order valence-corrected chi connectivity index (χ2v) is 5.88. The van der Waals surface area contributed by atoms with Crippen molar-refractivity contribution in [1.82, 2.24) is 0 Å². The molecule has 1 atom stereocenters. The highest BCUT2D eigenvalue weighted by molar-refractivity contribution is 7.86. The van der Waals surface area contributed by atoms with Crippen LogP contribution >= 0.6 is 0 Å². The third-order valence-electron chi connectivity index (χ3n) is 3.19. The van der Waals surface area contributed by atoms with Crippen molar-refractivity contribution in [3.05, 3.63) is 29.8 Å². The predicted octanol–water partition coefficient (Wildman–Crippen LogP) is 2.06. The Morgan fingerprint density at radius 1 is 1.41 bits per heavy atom. The molecule has 1 aromatic rings. The molecule has 4 nitrogen and oxygen atoms in total. The van der Waals surface area contributed by atoms with Crippen LogP contribution in [-0.4, -0.2) is 24.9 Å². The molecular formula is C12H17NO3S. The van der Waals surface area contributed by atoms with Gasteiger partial charge >= 0.3 is 0 Å². The zero-order valence-corrected chi connectivity index (χ0v) is 10.7. The van der Waals surface area contributed by atoms with Gasteiger partial charge in [0.15, 0.2) is 5.37 Å². The van der Waals surface area contributed by atoms with Crippen LogP contribution in [0, 0.1) is 0 Å². The largest absolute Gasteiger partial charge is 0.353 e. The maximum atomic E-state index is 11.4. The average molecular weight is 255 g/mol. The van der Waals surface area contributed by atoms with Crippen LogP contribution in [0.2, 0.25) is 0 Å². The average Bonchev–Trinajstić information content (AvgIpc) is 2.28. The SMILES string of the molecule is CCC(N1CCCc2ccccc21)S(=O)(=O)O. The Hall–Kier alpha value is -1.07. The van der Waals surface area contributed by atoms with E-state index in [9.17, 15) is 13.0 Å². The van der Waals surface area contributed by atoms with Crippen molar-refractivity contribution >= 4 is 15.8 Å². The second-order valence-electron chi connectivity index (χ2n) is 4.30. The number of rotatable bonds is 3. The van der Waals surface area contributed by atoms with Gasteiger partial charge in [0.05, 0.1) is 0 Å². The lowest BCUT2D eigenvalue weighted by molar-refractivity contribution is 0.456. The van der Waals surface area contributed by atoms with E-state index < -0.39 is 15.5 Å². The molecule has 0 radical (unpaired) electrons. The van der Waals surface area contributed by atoms with Gasteiger partial charge in [-0.2, -0.15) is 8.42 Å². The first-order valence-corrected chi connectivity index (χ1v) is 7.35. The van der Waals surface area contributed by atoms with E-state index in [-0.39, 0.29) is 0 Å².